The molecule has 0 radical (unpaired) electrons. The smallest absolute Gasteiger partial charge is 0.250 e. The first-order chi connectivity index (χ1) is 11.9. The second-order valence-corrected chi connectivity index (χ2v) is 6.73. The van der Waals surface area contributed by atoms with Gasteiger partial charge in [-0.25, -0.2) is 0 Å². The molecule has 25 heavy (non-hydrogen) atoms. The molecular weight excluding hydrogens is 385 g/mol. The van der Waals surface area contributed by atoms with E-state index in [2.05, 4.69) is 15.5 Å². The van der Waals surface area contributed by atoms with Gasteiger partial charge >= 0.3 is 0 Å². The number of nitrogens with one attached hydrogen (secondary N) is 1. The lowest BCUT2D eigenvalue weighted by atomic mass is 10.2. The van der Waals surface area contributed by atoms with Crippen LogP contribution in [0.1, 0.15) is 18.5 Å². The molecule has 2 aromatic heterocycles. The predicted octanol–water partition coefficient (Wildman–Crippen LogP) is 4.29. The van der Waals surface area contributed by atoms with Crippen LogP contribution in [0.25, 0.3) is 0 Å². The number of hydrogen-bond donors (Lipinski definition) is 1. The number of anilines is 1. The predicted molar refractivity (Wildman–Crippen MR) is 98.4 cm³/mol. The second-order valence-electron chi connectivity index (χ2n) is 5.45. The fourth-order valence-electron chi connectivity index (χ4n) is 2.21. The Balaban J connectivity index is 1.69. The third-order valence-corrected chi connectivity index (χ3v) is 4.29. The summed E-state index contributed by atoms with van der Waals surface area (Å²) in [4.78, 5) is 12.3. The highest BCUT2D eigenvalue weighted by Gasteiger charge is 2.19. The van der Waals surface area contributed by atoms with Crippen molar-refractivity contribution in [2.24, 2.45) is 0 Å². The molecule has 6 nitrogen and oxygen atoms in total. The molecule has 3 aromatic rings. The fraction of sp³-hybridized carbons (Fsp3) is 0.188. The maximum absolute atomic E-state index is 12.3. The molecule has 1 N–H and O–H groups in total. The van der Waals surface area contributed by atoms with Gasteiger partial charge in [0.25, 0.3) is 0 Å². The zero-order chi connectivity index (χ0) is 18.0. The number of halogens is 3. The lowest BCUT2D eigenvalue weighted by Gasteiger charge is -2.11. The van der Waals surface area contributed by atoms with Gasteiger partial charge in [-0.1, -0.05) is 46.9 Å². The van der Waals surface area contributed by atoms with Crippen molar-refractivity contribution >= 4 is 46.5 Å². The van der Waals surface area contributed by atoms with Gasteiger partial charge in [-0.2, -0.15) is 10.2 Å². The van der Waals surface area contributed by atoms with Crippen LogP contribution in [-0.2, 0) is 11.3 Å². The third-order valence-electron chi connectivity index (χ3n) is 3.56. The molecule has 0 aliphatic carbocycles. The number of benzene rings is 1. The van der Waals surface area contributed by atoms with E-state index < -0.39 is 6.04 Å². The molecule has 130 valence electrons. The maximum atomic E-state index is 12.3. The Kier molecular flexibility index (Phi) is 5.32. The highest BCUT2D eigenvalue weighted by molar-refractivity contribution is 6.33. The number of aromatic nitrogens is 4. The average Bonchev–Trinajstić information content (AvgIpc) is 3.15. The van der Waals surface area contributed by atoms with Crippen LogP contribution in [0, 0.1) is 0 Å². The second kappa shape index (κ2) is 7.47. The largest absolute Gasteiger partial charge is 0.306 e. The van der Waals surface area contributed by atoms with E-state index in [4.69, 9.17) is 34.8 Å². The first-order valence-electron chi connectivity index (χ1n) is 7.40. The molecule has 1 aromatic carbocycles. The number of nitrogens with zero attached hydrogens (tertiary/aromatic N) is 4. The molecule has 0 aliphatic rings. The minimum absolute atomic E-state index is 0.293. The molecular formula is C16H14Cl3N5O. The van der Waals surface area contributed by atoms with Gasteiger partial charge in [0.15, 0.2) is 5.82 Å². The van der Waals surface area contributed by atoms with Gasteiger partial charge < -0.3 is 5.32 Å². The lowest BCUT2D eigenvalue weighted by molar-refractivity contribution is -0.119. The Morgan fingerprint density at radius 2 is 1.88 bits per heavy atom. The molecule has 0 fully saturated rings. The van der Waals surface area contributed by atoms with E-state index in [9.17, 15) is 4.79 Å². The van der Waals surface area contributed by atoms with Crippen LogP contribution in [0.15, 0.2) is 42.9 Å². The zero-order valence-corrected chi connectivity index (χ0v) is 15.4. The summed E-state index contributed by atoms with van der Waals surface area (Å²) in [6.07, 6.45) is 4.70. The summed E-state index contributed by atoms with van der Waals surface area (Å²) < 4.78 is 3.12. The molecule has 0 aliphatic heterocycles. The molecule has 1 atom stereocenters. The van der Waals surface area contributed by atoms with Crippen molar-refractivity contribution in [1.29, 1.82) is 0 Å². The molecule has 0 saturated carbocycles. The van der Waals surface area contributed by atoms with E-state index in [0.717, 1.165) is 5.56 Å². The first kappa shape index (κ1) is 17.8. The van der Waals surface area contributed by atoms with Crippen molar-refractivity contribution in [2.45, 2.75) is 19.5 Å². The fourth-order valence-corrected chi connectivity index (χ4v) is 2.67. The quantitative estimate of drug-likeness (QED) is 0.697. The molecule has 9 heteroatoms. The SMILES string of the molecule is CC(C(=O)Nc1nn(Cc2ccc(Cl)cc2)cc1Cl)n1cc(Cl)cn1. The van der Waals surface area contributed by atoms with Gasteiger partial charge in [0, 0.05) is 17.4 Å². The summed E-state index contributed by atoms with van der Waals surface area (Å²) in [5, 5.41) is 12.5. The van der Waals surface area contributed by atoms with E-state index >= 15 is 0 Å². The molecule has 2 heterocycles. The number of carbonyl (C=O) groups excluding carboxylic acids is 1. The summed E-state index contributed by atoms with van der Waals surface area (Å²) in [5.41, 5.74) is 1.01. The Hall–Kier alpha value is -2.02. The van der Waals surface area contributed by atoms with Crippen molar-refractivity contribution in [3.05, 3.63) is 63.5 Å². The van der Waals surface area contributed by atoms with Crippen LogP contribution >= 0.6 is 34.8 Å². The number of hydrogen-bond acceptors (Lipinski definition) is 3. The lowest BCUT2D eigenvalue weighted by Crippen LogP contribution is -2.24. The summed E-state index contributed by atoms with van der Waals surface area (Å²) >= 11 is 17.9. The zero-order valence-electron chi connectivity index (χ0n) is 13.2. The molecule has 3 rings (SSSR count). The van der Waals surface area contributed by atoms with E-state index in [0.29, 0.717) is 27.4 Å². The van der Waals surface area contributed by atoms with Gasteiger partial charge in [-0.15, -0.1) is 0 Å². The van der Waals surface area contributed by atoms with Crippen molar-refractivity contribution in [3.63, 3.8) is 0 Å². The normalized spacial score (nSPS) is 12.2. The Morgan fingerprint density at radius 1 is 1.16 bits per heavy atom. The topological polar surface area (TPSA) is 64.7 Å². The van der Waals surface area contributed by atoms with E-state index in [1.165, 1.54) is 10.9 Å². The molecule has 1 amide bonds. The number of carbonyl (C=O) groups is 1. The first-order valence-corrected chi connectivity index (χ1v) is 8.53. The highest BCUT2D eigenvalue weighted by Crippen LogP contribution is 2.22. The van der Waals surface area contributed by atoms with Crippen molar-refractivity contribution in [2.75, 3.05) is 5.32 Å². The number of amides is 1. The van der Waals surface area contributed by atoms with Gasteiger partial charge in [0.2, 0.25) is 5.91 Å². The van der Waals surface area contributed by atoms with Crippen LogP contribution in [0.4, 0.5) is 5.82 Å². The van der Waals surface area contributed by atoms with Crippen molar-refractivity contribution in [3.8, 4) is 0 Å². The summed E-state index contributed by atoms with van der Waals surface area (Å²) in [7, 11) is 0. The number of rotatable bonds is 5. The average molecular weight is 399 g/mol. The minimum atomic E-state index is -0.551. The van der Waals surface area contributed by atoms with Crippen LogP contribution < -0.4 is 5.32 Å². The standard InChI is InChI=1S/C16H14Cl3N5O/c1-10(24-8-13(18)6-20-24)16(25)21-15-14(19)9-23(22-15)7-11-2-4-12(17)5-3-11/h2-6,8-10H,7H2,1H3,(H,21,22,25). The molecule has 0 spiro atoms. The van der Waals surface area contributed by atoms with Crippen LogP contribution in [0.2, 0.25) is 15.1 Å². The van der Waals surface area contributed by atoms with Gasteiger partial charge in [0.1, 0.15) is 11.1 Å². The molecule has 0 saturated heterocycles. The monoisotopic (exact) mass is 397 g/mol. The van der Waals surface area contributed by atoms with Crippen LogP contribution in [0.5, 0.6) is 0 Å². The van der Waals surface area contributed by atoms with Gasteiger partial charge in [-0.05, 0) is 24.6 Å². The Labute approximate surface area is 159 Å². The maximum Gasteiger partial charge on any atom is 0.250 e. The van der Waals surface area contributed by atoms with Crippen molar-refractivity contribution < 1.29 is 4.79 Å². The van der Waals surface area contributed by atoms with Crippen LogP contribution in [-0.4, -0.2) is 25.5 Å². The highest BCUT2D eigenvalue weighted by atomic mass is 35.5. The van der Waals surface area contributed by atoms with Crippen molar-refractivity contribution in [1.82, 2.24) is 19.6 Å². The summed E-state index contributed by atoms with van der Waals surface area (Å²) in [5.74, 6) is 0.00384. The van der Waals surface area contributed by atoms with E-state index in [1.54, 1.807) is 24.0 Å². The summed E-state index contributed by atoms with van der Waals surface area (Å²) in [6, 6.07) is 6.87. The minimum Gasteiger partial charge on any atom is -0.306 e. The summed E-state index contributed by atoms with van der Waals surface area (Å²) in [6.45, 7) is 2.22. The van der Waals surface area contributed by atoms with E-state index in [1.807, 2.05) is 24.3 Å². The Bertz CT molecular complexity index is 888. The molecule has 1 unspecified atom stereocenters. The van der Waals surface area contributed by atoms with Gasteiger partial charge in [0.05, 0.1) is 17.8 Å². The Morgan fingerprint density at radius 3 is 2.52 bits per heavy atom. The third kappa shape index (κ3) is 4.34. The van der Waals surface area contributed by atoms with Gasteiger partial charge in [-0.3, -0.25) is 14.2 Å². The van der Waals surface area contributed by atoms with Crippen LogP contribution in [0.3, 0.4) is 0 Å². The van der Waals surface area contributed by atoms with E-state index in [-0.39, 0.29) is 5.91 Å². The molecule has 0 bridgehead atoms.